The summed E-state index contributed by atoms with van der Waals surface area (Å²) in [5.41, 5.74) is 0. The van der Waals surface area contributed by atoms with Crippen molar-refractivity contribution in [1.29, 1.82) is 0 Å². The van der Waals surface area contributed by atoms with Gasteiger partial charge < -0.3 is 4.74 Å². The molecule has 1 aliphatic rings. The first-order valence-electron chi connectivity index (χ1n) is 7.55. The van der Waals surface area contributed by atoms with Gasteiger partial charge in [0.2, 0.25) is 0 Å². The Hall–Kier alpha value is -0.0800. The third kappa shape index (κ3) is 6.42. The average molecular weight is 241 g/mol. The summed E-state index contributed by atoms with van der Waals surface area (Å²) in [5, 5.41) is 0. The molecule has 0 unspecified atom stereocenters. The van der Waals surface area contributed by atoms with E-state index in [2.05, 4.69) is 25.7 Å². The van der Waals surface area contributed by atoms with Crippen LogP contribution < -0.4 is 0 Å². The third-order valence-corrected chi connectivity index (χ3v) is 3.86. The van der Waals surface area contributed by atoms with Crippen molar-refractivity contribution in [3.05, 3.63) is 0 Å². The molecule has 1 rings (SSSR count). The maximum Gasteiger partial charge on any atom is 0.0593 e. The van der Waals surface area contributed by atoms with E-state index in [1.807, 2.05) is 0 Å². The zero-order chi connectivity index (χ0) is 12.5. The Morgan fingerprint density at radius 3 is 2.41 bits per heavy atom. The van der Waals surface area contributed by atoms with Crippen LogP contribution in [-0.2, 0) is 4.74 Å². The van der Waals surface area contributed by atoms with Crippen molar-refractivity contribution in [2.45, 2.75) is 65.3 Å². The molecule has 0 N–H and O–H groups in total. The van der Waals surface area contributed by atoms with Crippen molar-refractivity contribution in [3.63, 3.8) is 0 Å². The Labute approximate surface area is 108 Å². The lowest BCUT2D eigenvalue weighted by Crippen LogP contribution is -2.38. The van der Waals surface area contributed by atoms with Gasteiger partial charge in [-0.3, -0.25) is 4.90 Å². The van der Waals surface area contributed by atoms with Gasteiger partial charge in [0.1, 0.15) is 0 Å². The van der Waals surface area contributed by atoms with Gasteiger partial charge in [-0.1, -0.05) is 40.0 Å². The first kappa shape index (κ1) is 15.0. The van der Waals surface area contributed by atoms with Crippen LogP contribution in [0.15, 0.2) is 0 Å². The van der Waals surface area contributed by atoms with E-state index in [-0.39, 0.29) is 0 Å². The fourth-order valence-electron chi connectivity index (χ4n) is 2.65. The van der Waals surface area contributed by atoms with E-state index in [1.54, 1.807) is 0 Å². The molecule has 0 bridgehead atoms. The second kappa shape index (κ2) is 8.93. The summed E-state index contributed by atoms with van der Waals surface area (Å²) in [6, 6.07) is 0.836. The van der Waals surface area contributed by atoms with Crippen LogP contribution in [0.2, 0.25) is 0 Å². The second-order valence-electron chi connectivity index (χ2n) is 5.72. The summed E-state index contributed by atoms with van der Waals surface area (Å²) in [4.78, 5) is 2.62. The van der Waals surface area contributed by atoms with Crippen LogP contribution in [0, 0.1) is 5.92 Å². The molecule has 0 aliphatic heterocycles. The van der Waals surface area contributed by atoms with E-state index in [0.717, 1.165) is 31.7 Å². The molecular formula is C15H31NO. The molecule has 1 saturated carbocycles. The molecule has 17 heavy (non-hydrogen) atoms. The smallest absolute Gasteiger partial charge is 0.0593 e. The van der Waals surface area contributed by atoms with Gasteiger partial charge in [-0.15, -0.1) is 0 Å². The molecule has 0 aromatic carbocycles. The van der Waals surface area contributed by atoms with Gasteiger partial charge in [-0.2, -0.15) is 0 Å². The Morgan fingerprint density at radius 2 is 1.82 bits per heavy atom. The Kier molecular flexibility index (Phi) is 7.87. The molecular weight excluding hydrogens is 210 g/mol. The lowest BCUT2D eigenvalue weighted by atomic mass is 9.94. The molecule has 2 heteroatoms. The predicted octanol–water partition coefficient (Wildman–Crippen LogP) is 3.70. The van der Waals surface area contributed by atoms with Crippen molar-refractivity contribution in [2.24, 2.45) is 5.92 Å². The van der Waals surface area contributed by atoms with E-state index >= 15 is 0 Å². The summed E-state index contributed by atoms with van der Waals surface area (Å²) in [7, 11) is 0. The average Bonchev–Trinajstić information content (AvgIpc) is 2.34. The number of hydrogen-bond acceptors (Lipinski definition) is 2. The van der Waals surface area contributed by atoms with Crippen molar-refractivity contribution >= 4 is 0 Å². The molecule has 0 aromatic heterocycles. The van der Waals surface area contributed by atoms with Crippen LogP contribution in [0.25, 0.3) is 0 Å². The number of hydrogen-bond donors (Lipinski definition) is 0. The Balaban J connectivity index is 2.09. The second-order valence-corrected chi connectivity index (χ2v) is 5.72. The third-order valence-electron chi connectivity index (χ3n) is 3.86. The largest absolute Gasteiger partial charge is 0.380 e. The van der Waals surface area contributed by atoms with Crippen LogP contribution in [0.1, 0.15) is 59.3 Å². The van der Waals surface area contributed by atoms with Crippen molar-refractivity contribution in [3.8, 4) is 0 Å². The van der Waals surface area contributed by atoms with E-state index < -0.39 is 0 Å². The number of rotatable bonds is 8. The summed E-state index contributed by atoms with van der Waals surface area (Å²) in [5.74, 6) is 0.760. The lowest BCUT2D eigenvalue weighted by Gasteiger charge is -2.33. The molecule has 0 heterocycles. The number of ether oxygens (including phenoxy) is 1. The van der Waals surface area contributed by atoms with Crippen LogP contribution in [0.4, 0.5) is 0 Å². The maximum atomic E-state index is 5.73. The molecule has 0 spiro atoms. The molecule has 2 nitrogen and oxygen atoms in total. The van der Waals surface area contributed by atoms with Gasteiger partial charge in [-0.05, 0) is 31.7 Å². The summed E-state index contributed by atoms with van der Waals surface area (Å²) < 4.78 is 5.73. The lowest BCUT2D eigenvalue weighted by molar-refractivity contribution is 0.0741. The molecule has 0 atom stereocenters. The van der Waals surface area contributed by atoms with Crippen molar-refractivity contribution in [2.75, 3.05) is 26.3 Å². The molecule has 1 fully saturated rings. The van der Waals surface area contributed by atoms with E-state index in [1.165, 1.54) is 45.1 Å². The quantitative estimate of drug-likeness (QED) is 0.601. The minimum Gasteiger partial charge on any atom is -0.380 e. The van der Waals surface area contributed by atoms with Crippen LogP contribution >= 0.6 is 0 Å². The first-order valence-corrected chi connectivity index (χ1v) is 7.55. The van der Waals surface area contributed by atoms with Crippen LogP contribution in [0.5, 0.6) is 0 Å². The molecule has 0 saturated heterocycles. The monoisotopic (exact) mass is 241 g/mol. The van der Waals surface area contributed by atoms with Crippen LogP contribution in [-0.4, -0.2) is 37.2 Å². The number of likely N-dealkylation sites (N-methyl/N-ethyl adjacent to an activating group) is 1. The van der Waals surface area contributed by atoms with E-state index in [4.69, 9.17) is 4.74 Å². The maximum absolute atomic E-state index is 5.73. The normalized spacial score (nSPS) is 18.2. The van der Waals surface area contributed by atoms with E-state index in [9.17, 15) is 0 Å². The highest BCUT2D eigenvalue weighted by molar-refractivity contribution is 4.74. The molecule has 0 radical (unpaired) electrons. The summed E-state index contributed by atoms with van der Waals surface area (Å²) >= 11 is 0. The predicted molar refractivity (Wildman–Crippen MR) is 74.4 cm³/mol. The fourth-order valence-corrected chi connectivity index (χ4v) is 2.65. The highest BCUT2D eigenvalue weighted by Crippen LogP contribution is 2.22. The van der Waals surface area contributed by atoms with Crippen LogP contribution in [0.3, 0.4) is 0 Å². The molecule has 1 aliphatic carbocycles. The Morgan fingerprint density at radius 1 is 1.12 bits per heavy atom. The highest BCUT2D eigenvalue weighted by Gasteiger charge is 2.19. The van der Waals surface area contributed by atoms with Gasteiger partial charge in [0.05, 0.1) is 6.61 Å². The van der Waals surface area contributed by atoms with Gasteiger partial charge >= 0.3 is 0 Å². The standard InChI is InChI=1S/C15H31NO/c1-4-16(15-8-6-5-7-9-15)11-13-17-12-10-14(2)3/h14-15H,4-13H2,1-3H3. The highest BCUT2D eigenvalue weighted by atomic mass is 16.5. The summed E-state index contributed by atoms with van der Waals surface area (Å²) in [6.07, 6.45) is 8.29. The van der Waals surface area contributed by atoms with Crippen molar-refractivity contribution < 1.29 is 4.74 Å². The van der Waals surface area contributed by atoms with Crippen molar-refractivity contribution in [1.82, 2.24) is 4.90 Å². The zero-order valence-corrected chi connectivity index (χ0v) is 12.1. The fraction of sp³-hybridized carbons (Fsp3) is 1.00. The molecule has 102 valence electrons. The minimum atomic E-state index is 0.760. The SMILES string of the molecule is CCN(CCOCCC(C)C)C1CCCCC1. The Bertz CT molecular complexity index is 176. The zero-order valence-electron chi connectivity index (χ0n) is 12.1. The topological polar surface area (TPSA) is 12.5 Å². The minimum absolute atomic E-state index is 0.760. The number of nitrogens with zero attached hydrogens (tertiary/aromatic N) is 1. The molecule has 0 aromatic rings. The summed E-state index contributed by atoms with van der Waals surface area (Å²) in [6.45, 7) is 10.9. The van der Waals surface area contributed by atoms with Gasteiger partial charge in [-0.25, -0.2) is 0 Å². The van der Waals surface area contributed by atoms with Gasteiger partial charge in [0, 0.05) is 19.2 Å². The molecule has 0 amide bonds. The van der Waals surface area contributed by atoms with E-state index in [0.29, 0.717) is 0 Å². The van der Waals surface area contributed by atoms with Gasteiger partial charge in [0.15, 0.2) is 0 Å². The van der Waals surface area contributed by atoms with Gasteiger partial charge in [0.25, 0.3) is 0 Å². The first-order chi connectivity index (χ1) is 8.24.